The number of rotatable bonds is 5. The third-order valence-corrected chi connectivity index (χ3v) is 1.44. The zero-order valence-corrected chi connectivity index (χ0v) is 8.19. The molecule has 0 spiro atoms. The fraction of sp³-hybridized carbons (Fsp3) is 0.714. The molecule has 0 amide bonds. The van der Waals surface area contributed by atoms with E-state index in [0.717, 1.165) is 6.42 Å². The first kappa shape index (κ1) is 14.2. The first-order chi connectivity index (χ1) is 5.09. The van der Waals surface area contributed by atoms with E-state index in [-0.39, 0.29) is 28.8 Å². The molecule has 0 unspecified atom stereocenters. The fourth-order valence-corrected chi connectivity index (χ4v) is 0.761. The van der Waals surface area contributed by atoms with Crippen LogP contribution in [0.15, 0.2) is 0 Å². The van der Waals surface area contributed by atoms with Crippen LogP contribution in [0.1, 0.15) is 26.2 Å². The van der Waals surface area contributed by atoms with E-state index in [2.05, 4.69) is 0 Å². The SMILES string of the molecule is CCCCC(C(=O)O)C(=O)O.[Ag]. The van der Waals surface area contributed by atoms with E-state index in [9.17, 15) is 9.59 Å². The van der Waals surface area contributed by atoms with Gasteiger partial charge in [-0.25, -0.2) is 0 Å². The molecule has 0 aliphatic carbocycles. The van der Waals surface area contributed by atoms with Crippen molar-refractivity contribution in [2.24, 2.45) is 5.92 Å². The second-order valence-electron chi connectivity index (χ2n) is 2.37. The molecule has 2 N–H and O–H groups in total. The largest absolute Gasteiger partial charge is 0.481 e. The Morgan fingerprint density at radius 3 is 1.92 bits per heavy atom. The number of hydrogen-bond acceptors (Lipinski definition) is 2. The van der Waals surface area contributed by atoms with E-state index in [1.165, 1.54) is 0 Å². The molecule has 0 saturated heterocycles. The van der Waals surface area contributed by atoms with Gasteiger partial charge in [-0.3, -0.25) is 9.59 Å². The summed E-state index contributed by atoms with van der Waals surface area (Å²) in [5, 5.41) is 16.8. The van der Waals surface area contributed by atoms with Gasteiger partial charge in [0.1, 0.15) is 0 Å². The van der Waals surface area contributed by atoms with Gasteiger partial charge >= 0.3 is 11.9 Å². The molecule has 0 bridgehead atoms. The maximum atomic E-state index is 10.3. The Hall–Kier alpha value is -0.320. The topological polar surface area (TPSA) is 74.6 Å². The molecule has 0 atom stereocenters. The Morgan fingerprint density at radius 1 is 1.25 bits per heavy atom. The molecule has 0 rings (SSSR count). The summed E-state index contributed by atoms with van der Waals surface area (Å²) < 4.78 is 0. The Morgan fingerprint density at radius 2 is 1.67 bits per heavy atom. The molecule has 1 radical (unpaired) electrons. The fourth-order valence-electron chi connectivity index (χ4n) is 0.761. The van der Waals surface area contributed by atoms with Gasteiger partial charge in [-0.05, 0) is 6.42 Å². The number of carboxylic acids is 2. The van der Waals surface area contributed by atoms with Crippen molar-refractivity contribution in [1.29, 1.82) is 0 Å². The predicted molar refractivity (Wildman–Crippen MR) is 38.3 cm³/mol. The maximum Gasteiger partial charge on any atom is 0.317 e. The van der Waals surface area contributed by atoms with Crippen molar-refractivity contribution in [3.63, 3.8) is 0 Å². The van der Waals surface area contributed by atoms with Gasteiger partial charge in [-0.2, -0.15) is 0 Å². The molecule has 75 valence electrons. The van der Waals surface area contributed by atoms with Crippen molar-refractivity contribution in [3.8, 4) is 0 Å². The molecule has 0 aromatic carbocycles. The standard InChI is InChI=1S/C7H12O4.Ag/c1-2-3-4-5(6(8)9)7(10)11;/h5H,2-4H2,1H3,(H,8,9)(H,10,11);. The molecule has 5 heteroatoms. The predicted octanol–water partition coefficient (Wildman–Crippen LogP) is 0.960. The van der Waals surface area contributed by atoms with E-state index in [4.69, 9.17) is 10.2 Å². The Kier molecular flexibility index (Phi) is 8.69. The quantitative estimate of drug-likeness (QED) is 0.575. The summed E-state index contributed by atoms with van der Waals surface area (Å²) in [5.41, 5.74) is 0. The molecule has 0 aliphatic heterocycles. The van der Waals surface area contributed by atoms with Crippen LogP contribution < -0.4 is 0 Å². The first-order valence-corrected chi connectivity index (χ1v) is 3.55. The molecule has 4 nitrogen and oxygen atoms in total. The van der Waals surface area contributed by atoms with Crippen LogP contribution in [0, 0.1) is 5.92 Å². The zero-order valence-electron chi connectivity index (χ0n) is 6.71. The molecule has 0 saturated carbocycles. The van der Waals surface area contributed by atoms with Crippen molar-refractivity contribution in [1.82, 2.24) is 0 Å². The molecule has 12 heavy (non-hydrogen) atoms. The number of carbonyl (C=O) groups is 2. The molecule has 0 aromatic heterocycles. The molecular weight excluding hydrogens is 256 g/mol. The minimum absolute atomic E-state index is 0. The second-order valence-corrected chi connectivity index (χ2v) is 2.37. The van der Waals surface area contributed by atoms with Gasteiger partial charge in [0, 0.05) is 22.4 Å². The van der Waals surface area contributed by atoms with Crippen molar-refractivity contribution >= 4 is 11.9 Å². The molecule has 0 aromatic rings. The summed E-state index contributed by atoms with van der Waals surface area (Å²) >= 11 is 0. The minimum atomic E-state index is -1.24. The van der Waals surface area contributed by atoms with E-state index in [1.54, 1.807) is 0 Å². The average molecular weight is 268 g/mol. The van der Waals surface area contributed by atoms with Crippen molar-refractivity contribution in [3.05, 3.63) is 0 Å². The maximum absolute atomic E-state index is 10.3. The summed E-state index contributed by atoms with van der Waals surface area (Å²) in [4.78, 5) is 20.5. The van der Waals surface area contributed by atoms with Gasteiger partial charge in [0.2, 0.25) is 0 Å². The van der Waals surface area contributed by atoms with Gasteiger partial charge in [0.05, 0.1) is 0 Å². The minimum Gasteiger partial charge on any atom is -0.481 e. The Labute approximate surface area is 86.5 Å². The van der Waals surface area contributed by atoms with Gasteiger partial charge in [0.15, 0.2) is 5.92 Å². The number of hydrogen-bond donors (Lipinski definition) is 2. The number of aliphatic carboxylic acids is 2. The monoisotopic (exact) mass is 267 g/mol. The average Bonchev–Trinajstić information content (AvgIpc) is 1.87. The zero-order chi connectivity index (χ0) is 8.85. The first-order valence-electron chi connectivity index (χ1n) is 3.55. The van der Waals surface area contributed by atoms with Gasteiger partial charge < -0.3 is 10.2 Å². The van der Waals surface area contributed by atoms with Crippen molar-refractivity contribution < 1.29 is 42.2 Å². The van der Waals surface area contributed by atoms with Gasteiger partial charge in [0.25, 0.3) is 0 Å². The third-order valence-electron chi connectivity index (χ3n) is 1.44. The third kappa shape index (κ3) is 5.35. The molecular formula is C7H12AgO4. The van der Waals surface area contributed by atoms with Crippen LogP contribution in [0.4, 0.5) is 0 Å². The van der Waals surface area contributed by atoms with Crippen LogP contribution in [0.3, 0.4) is 0 Å². The second kappa shape index (κ2) is 7.34. The van der Waals surface area contributed by atoms with E-state index in [0.29, 0.717) is 6.42 Å². The van der Waals surface area contributed by atoms with Crippen LogP contribution >= 0.6 is 0 Å². The van der Waals surface area contributed by atoms with E-state index >= 15 is 0 Å². The van der Waals surface area contributed by atoms with Gasteiger partial charge in [-0.1, -0.05) is 19.8 Å². The van der Waals surface area contributed by atoms with Crippen LogP contribution in [0.5, 0.6) is 0 Å². The van der Waals surface area contributed by atoms with Crippen LogP contribution in [0.2, 0.25) is 0 Å². The summed E-state index contributed by atoms with van der Waals surface area (Å²) in [5.74, 6) is -3.72. The summed E-state index contributed by atoms with van der Waals surface area (Å²) in [6.07, 6.45) is 1.68. The molecule has 0 fully saturated rings. The number of unbranched alkanes of at least 4 members (excludes halogenated alkanes) is 1. The van der Waals surface area contributed by atoms with E-state index in [1.807, 2.05) is 6.92 Å². The van der Waals surface area contributed by atoms with Crippen molar-refractivity contribution in [2.75, 3.05) is 0 Å². The van der Waals surface area contributed by atoms with Crippen LogP contribution in [-0.4, -0.2) is 22.2 Å². The Balaban J connectivity index is 0. The molecule has 0 aliphatic rings. The summed E-state index contributed by atoms with van der Waals surface area (Å²) in [7, 11) is 0. The normalized spacial score (nSPS) is 9.17. The smallest absolute Gasteiger partial charge is 0.317 e. The van der Waals surface area contributed by atoms with Crippen molar-refractivity contribution in [2.45, 2.75) is 26.2 Å². The summed E-state index contributed by atoms with van der Waals surface area (Å²) in [6.45, 7) is 1.89. The van der Waals surface area contributed by atoms with Gasteiger partial charge in [-0.15, -0.1) is 0 Å². The van der Waals surface area contributed by atoms with Crippen LogP contribution in [-0.2, 0) is 32.0 Å². The molecule has 0 heterocycles. The number of carboxylic acid groups (broad SMARTS) is 2. The Bertz CT molecular complexity index is 143. The van der Waals surface area contributed by atoms with Crippen LogP contribution in [0.25, 0.3) is 0 Å². The van der Waals surface area contributed by atoms with E-state index < -0.39 is 17.9 Å². The summed E-state index contributed by atoms with van der Waals surface area (Å²) in [6, 6.07) is 0.